The van der Waals surface area contributed by atoms with Crippen molar-refractivity contribution in [3.63, 3.8) is 0 Å². The first-order valence-electron chi connectivity index (χ1n) is 5.63. The van der Waals surface area contributed by atoms with Crippen LogP contribution in [0.4, 0.5) is 0 Å². The number of hydrogen-bond acceptors (Lipinski definition) is 5. The van der Waals surface area contributed by atoms with Gasteiger partial charge in [0.25, 0.3) is 5.89 Å². The monoisotopic (exact) mass is 246 g/mol. The Labute approximate surface area is 105 Å². The number of carbonyl (C=O) groups excluding carboxylic acids is 1. The molecule has 18 heavy (non-hydrogen) atoms. The summed E-state index contributed by atoms with van der Waals surface area (Å²) in [6.45, 7) is 3.54. The zero-order valence-corrected chi connectivity index (χ0v) is 10.3. The van der Waals surface area contributed by atoms with Gasteiger partial charge in [0, 0.05) is 13.3 Å². The van der Waals surface area contributed by atoms with E-state index in [9.17, 15) is 4.79 Å². The zero-order chi connectivity index (χ0) is 13.0. The van der Waals surface area contributed by atoms with Crippen LogP contribution >= 0.6 is 0 Å². The van der Waals surface area contributed by atoms with Crippen LogP contribution in [-0.4, -0.2) is 16.0 Å². The van der Waals surface area contributed by atoms with Gasteiger partial charge < -0.3 is 9.15 Å². The van der Waals surface area contributed by atoms with Gasteiger partial charge in [-0.3, -0.25) is 4.79 Å². The standard InChI is InChI=1S/C13H14N2O3/c1-9(16)7-11-3-5-12(6-4-11)17-8-13-15-14-10(2)18-13/h3-6H,7-8H2,1-2H3. The first kappa shape index (κ1) is 12.3. The van der Waals surface area contributed by atoms with Crippen LogP contribution in [0.1, 0.15) is 24.3 Å². The number of carbonyl (C=O) groups is 1. The lowest BCUT2D eigenvalue weighted by molar-refractivity contribution is -0.116. The van der Waals surface area contributed by atoms with Crippen LogP contribution in [0.5, 0.6) is 5.75 Å². The smallest absolute Gasteiger partial charge is 0.253 e. The van der Waals surface area contributed by atoms with Crippen LogP contribution in [-0.2, 0) is 17.8 Å². The minimum atomic E-state index is 0.144. The van der Waals surface area contributed by atoms with Gasteiger partial charge in [0.2, 0.25) is 5.89 Å². The molecule has 0 atom stereocenters. The molecule has 94 valence electrons. The van der Waals surface area contributed by atoms with E-state index in [-0.39, 0.29) is 12.4 Å². The Hall–Kier alpha value is -2.17. The fraction of sp³-hybridized carbons (Fsp3) is 0.308. The molecule has 2 rings (SSSR count). The quantitative estimate of drug-likeness (QED) is 0.808. The fourth-order valence-corrected chi connectivity index (χ4v) is 1.53. The van der Waals surface area contributed by atoms with Crippen molar-refractivity contribution in [3.05, 3.63) is 41.6 Å². The number of ketones is 1. The molecule has 0 saturated carbocycles. The van der Waals surface area contributed by atoms with Crippen LogP contribution in [0, 0.1) is 6.92 Å². The highest BCUT2D eigenvalue weighted by atomic mass is 16.5. The van der Waals surface area contributed by atoms with Crippen LogP contribution in [0.25, 0.3) is 0 Å². The zero-order valence-electron chi connectivity index (χ0n) is 10.3. The third-order valence-corrected chi connectivity index (χ3v) is 2.31. The second-order valence-electron chi connectivity index (χ2n) is 4.03. The van der Waals surface area contributed by atoms with Crippen molar-refractivity contribution in [2.75, 3.05) is 0 Å². The van der Waals surface area contributed by atoms with E-state index in [4.69, 9.17) is 9.15 Å². The van der Waals surface area contributed by atoms with Gasteiger partial charge in [0.1, 0.15) is 11.5 Å². The molecular formula is C13H14N2O3. The lowest BCUT2D eigenvalue weighted by Crippen LogP contribution is -1.98. The Morgan fingerprint density at radius 2 is 2.00 bits per heavy atom. The highest BCUT2D eigenvalue weighted by molar-refractivity contribution is 5.78. The third kappa shape index (κ3) is 3.41. The number of Topliss-reactive ketones (excluding diaryl/α,β-unsaturated/α-hetero) is 1. The van der Waals surface area contributed by atoms with Gasteiger partial charge in [0.15, 0.2) is 6.61 Å². The number of benzene rings is 1. The molecule has 0 aliphatic carbocycles. The lowest BCUT2D eigenvalue weighted by atomic mass is 10.1. The number of aryl methyl sites for hydroxylation is 1. The second-order valence-corrected chi connectivity index (χ2v) is 4.03. The first-order valence-corrected chi connectivity index (χ1v) is 5.63. The predicted octanol–water partition coefficient (Wildman–Crippen LogP) is 2.09. The van der Waals surface area contributed by atoms with E-state index in [1.165, 1.54) is 0 Å². The molecule has 0 amide bonds. The molecule has 0 saturated heterocycles. The molecule has 5 heteroatoms. The van der Waals surface area contributed by atoms with Gasteiger partial charge in [-0.25, -0.2) is 0 Å². The molecule has 0 aliphatic rings. The van der Waals surface area contributed by atoms with Crippen molar-refractivity contribution < 1.29 is 13.9 Å². The van der Waals surface area contributed by atoms with Crippen LogP contribution in [0.3, 0.4) is 0 Å². The van der Waals surface area contributed by atoms with Crippen molar-refractivity contribution in [3.8, 4) is 5.75 Å². The van der Waals surface area contributed by atoms with E-state index >= 15 is 0 Å². The summed E-state index contributed by atoms with van der Waals surface area (Å²) in [5.41, 5.74) is 0.975. The average Bonchev–Trinajstić information content (AvgIpc) is 2.74. The predicted molar refractivity (Wildman–Crippen MR) is 64.2 cm³/mol. The molecule has 2 aromatic rings. The highest BCUT2D eigenvalue weighted by Crippen LogP contribution is 2.14. The SMILES string of the molecule is CC(=O)Cc1ccc(OCc2nnc(C)o2)cc1. The van der Waals surface area contributed by atoms with Gasteiger partial charge >= 0.3 is 0 Å². The van der Waals surface area contributed by atoms with Crippen molar-refractivity contribution in [2.24, 2.45) is 0 Å². The Balaban J connectivity index is 1.92. The molecule has 5 nitrogen and oxygen atoms in total. The highest BCUT2D eigenvalue weighted by Gasteiger charge is 2.03. The summed E-state index contributed by atoms with van der Waals surface area (Å²) in [6, 6.07) is 7.38. The minimum absolute atomic E-state index is 0.144. The van der Waals surface area contributed by atoms with Gasteiger partial charge in [-0.1, -0.05) is 12.1 Å². The van der Waals surface area contributed by atoms with Gasteiger partial charge in [-0.15, -0.1) is 10.2 Å². The molecule has 0 fully saturated rings. The Bertz CT molecular complexity index is 531. The summed E-state index contributed by atoms with van der Waals surface area (Å²) in [5.74, 6) is 1.81. The maximum Gasteiger partial charge on any atom is 0.253 e. The van der Waals surface area contributed by atoms with E-state index in [1.54, 1.807) is 13.8 Å². The van der Waals surface area contributed by atoms with E-state index in [0.717, 1.165) is 5.56 Å². The molecular weight excluding hydrogens is 232 g/mol. The largest absolute Gasteiger partial charge is 0.484 e. The van der Waals surface area contributed by atoms with Crippen LogP contribution in [0.2, 0.25) is 0 Å². The Kier molecular flexibility index (Phi) is 3.72. The van der Waals surface area contributed by atoms with Gasteiger partial charge in [-0.2, -0.15) is 0 Å². The van der Waals surface area contributed by atoms with E-state index in [0.29, 0.717) is 24.0 Å². The number of ether oxygens (including phenoxy) is 1. The topological polar surface area (TPSA) is 65.2 Å². The molecule has 0 radical (unpaired) electrons. The van der Waals surface area contributed by atoms with Crippen molar-refractivity contribution in [2.45, 2.75) is 26.9 Å². The fourth-order valence-electron chi connectivity index (χ4n) is 1.53. The molecule has 1 heterocycles. The van der Waals surface area contributed by atoms with Gasteiger partial charge in [-0.05, 0) is 24.6 Å². The number of rotatable bonds is 5. The van der Waals surface area contributed by atoms with E-state index in [1.807, 2.05) is 24.3 Å². The summed E-state index contributed by atoms with van der Waals surface area (Å²) in [4.78, 5) is 11.0. The average molecular weight is 246 g/mol. The Morgan fingerprint density at radius 3 is 2.56 bits per heavy atom. The number of aromatic nitrogens is 2. The molecule has 0 N–H and O–H groups in total. The first-order chi connectivity index (χ1) is 8.63. The number of hydrogen-bond donors (Lipinski definition) is 0. The molecule has 0 unspecified atom stereocenters. The van der Waals surface area contributed by atoms with Crippen LogP contribution in [0.15, 0.2) is 28.7 Å². The van der Waals surface area contributed by atoms with Crippen molar-refractivity contribution in [1.82, 2.24) is 10.2 Å². The lowest BCUT2D eigenvalue weighted by Gasteiger charge is -2.04. The molecule has 0 spiro atoms. The minimum Gasteiger partial charge on any atom is -0.484 e. The summed E-state index contributed by atoms with van der Waals surface area (Å²) in [5, 5.41) is 7.54. The molecule has 1 aromatic carbocycles. The molecule has 0 bridgehead atoms. The van der Waals surface area contributed by atoms with Crippen LogP contribution < -0.4 is 4.74 Å². The maximum atomic E-state index is 11.0. The van der Waals surface area contributed by atoms with Crippen molar-refractivity contribution in [1.29, 1.82) is 0 Å². The third-order valence-electron chi connectivity index (χ3n) is 2.31. The van der Waals surface area contributed by atoms with E-state index < -0.39 is 0 Å². The van der Waals surface area contributed by atoms with Crippen molar-refractivity contribution >= 4 is 5.78 Å². The molecule has 1 aromatic heterocycles. The second kappa shape index (κ2) is 5.44. The van der Waals surface area contributed by atoms with Gasteiger partial charge in [0.05, 0.1) is 0 Å². The summed E-state index contributed by atoms with van der Waals surface area (Å²) in [6.07, 6.45) is 0.448. The summed E-state index contributed by atoms with van der Waals surface area (Å²) in [7, 11) is 0. The normalized spacial score (nSPS) is 10.3. The number of nitrogens with zero attached hydrogens (tertiary/aromatic N) is 2. The summed E-state index contributed by atoms with van der Waals surface area (Å²) < 4.78 is 10.7. The van der Waals surface area contributed by atoms with E-state index in [2.05, 4.69) is 10.2 Å². The molecule has 0 aliphatic heterocycles. The Morgan fingerprint density at radius 1 is 1.28 bits per heavy atom. The maximum absolute atomic E-state index is 11.0. The summed E-state index contributed by atoms with van der Waals surface area (Å²) >= 11 is 0.